The molecule has 34 heavy (non-hydrogen) atoms. The van der Waals surface area contributed by atoms with Gasteiger partial charge in [0.1, 0.15) is 5.75 Å². The number of hydrogen-bond acceptors (Lipinski definition) is 6. The van der Waals surface area contributed by atoms with Gasteiger partial charge >= 0.3 is 0 Å². The Kier molecular flexibility index (Phi) is 9.35. The van der Waals surface area contributed by atoms with E-state index >= 15 is 0 Å². The zero-order valence-corrected chi connectivity index (χ0v) is 20.9. The van der Waals surface area contributed by atoms with Crippen molar-refractivity contribution in [2.45, 2.75) is 44.9 Å². The van der Waals surface area contributed by atoms with Gasteiger partial charge in [0.05, 0.1) is 12.3 Å². The molecule has 2 aromatic carbocycles. The highest BCUT2D eigenvalue weighted by Gasteiger charge is 2.14. The maximum atomic E-state index is 12.2. The molecular formula is C24H28ClN5O3S. The van der Waals surface area contributed by atoms with Gasteiger partial charge in [0.2, 0.25) is 5.91 Å². The van der Waals surface area contributed by atoms with Crippen LogP contribution in [0.3, 0.4) is 0 Å². The normalized spacial score (nSPS) is 10.9. The van der Waals surface area contributed by atoms with Gasteiger partial charge in [-0.3, -0.25) is 9.59 Å². The second-order valence-corrected chi connectivity index (χ2v) is 9.15. The largest absolute Gasteiger partial charge is 0.484 e. The number of hydrogen-bond donors (Lipinski definition) is 2. The summed E-state index contributed by atoms with van der Waals surface area (Å²) < 4.78 is 7.43. The molecule has 0 aliphatic rings. The fourth-order valence-corrected chi connectivity index (χ4v) is 4.01. The summed E-state index contributed by atoms with van der Waals surface area (Å²) in [6.45, 7) is 6.94. The number of carbonyl (C=O) groups excluding carboxylic acids is 2. The van der Waals surface area contributed by atoms with Crippen molar-refractivity contribution in [1.29, 1.82) is 0 Å². The third-order valence-electron chi connectivity index (χ3n) is 4.93. The van der Waals surface area contributed by atoms with E-state index in [0.717, 1.165) is 0 Å². The Hall–Kier alpha value is -3.04. The molecule has 1 heterocycles. The zero-order valence-electron chi connectivity index (χ0n) is 19.4. The summed E-state index contributed by atoms with van der Waals surface area (Å²) >= 11 is 7.14. The molecule has 180 valence electrons. The van der Waals surface area contributed by atoms with E-state index in [9.17, 15) is 9.59 Å². The lowest BCUT2D eigenvalue weighted by molar-refractivity contribution is -0.123. The third-order valence-corrected chi connectivity index (χ3v) is 6.15. The number of thioether (sulfide) groups is 1. The molecule has 2 N–H and O–H groups in total. The minimum absolute atomic E-state index is 0.0895. The van der Waals surface area contributed by atoms with Crippen molar-refractivity contribution in [3.8, 4) is 5.75 Å². The van der Waals surface area contributed by atoms with Gasteiger partial charge in [-0.25, -0.2) is 0 Å². The molecule has 0 radical (unpaired) electrons. The van der Waals surface area contributed by atoms with Crippen molar-refractivity contribution in [2.24, 2.45) is 0 Å². The van der Waals surface area contributed by atoms with Gasteiger partial charge in [-0.1, -0.05) is 49.3 Å². The lowest BCUT2D eigenvalue weighted by Crippen LogP contribution is -2.29. The molecule has 1 aromatic heterocycles. The number of amides is 2. The maximum Gasteiger partial charge on any atom is 0.258 e. The third kappa shape index (κ3) is 7.50. The van der Waals surface area contributed by atoms with E-state index in [-0.39, 0.29) is 30.7 Å². The van der Waals surface area contributed by atoms with Crippen molar-refractivity contribution in [2.75, 3.05) is 17.7 Å². The number of anilines is 1. The van der Waals surface area contributed by atoms with E-state index in [4.69, 9.17) is 16.3 Å². The Balaban J connectivity index is 1.46. The van der Waals surface area contributed by atoms with Crippen LogP contribution in [-0.2, 0) is 22.7 Å². The van der Waals surface area contributed by atoms with Gasteiger partial charge in [-0.2, -0.15) is 0 Å². The smallest absolute Gasteiger partial charge is 0.258 e. The number of benzene rings is 2. The molecule has 0 saturated heterocycles. The van der Waals surface area contributed by atoms with E-state index < -0.39 is 0 Å². The molecule has 0 saturated carbocycles. The van der Waals surface area contributed by atoms with Gasteiger partial charge in [0.15, 0.2) is 17.6 Å². The zero-order chi connectivity index (χ0) is 24.5. The number of nitrogens with one attached hydrogen (secondary N) is 2. The Morgan fingerprint density at radius 2 is 1.76 bits per heavy atom. The van der Waals surface area contributed by atoms with E-state index in [1.165, 1.54) is 17.3 Å². The first kappa shape index (κ1) is 25.6. The van der Waals surface area contributed by atoms with Crippen LogP contribution in [0.15, 0.2) is 53.7 Å². The highest BCUT2D eigenvalue weighted by atomic mass is 35.5. The molecule has 0 aliphatic heterocycles. The molecule has 2 amide bonds. The lowest BCUT2D eigenvalue weighted by atomic mass is 10.0. The van der Waals surface area contributed by atoms with Gasteiger partial charge in [-0.15, -0.1) is 10.2 Å². The molecule has 0 fully saturated rings. The molecule has 0 bridgehead atoms. The second kappa shape index (κ2) is 12.4. The molecule has 3 aromatic rings. The van der Waals surface area contributed by atoms with Crippen LogP contribution in [-0.4, -0.2) is 38.9 Å². The minimum Gasteiger partial charge on any atom is -0.484 e. The van der Waals surface area contributed by atoms with Gasteiger partial charge in [-0.05, 0) is 54.8 Å². The maximum absolute atomic E-state index is 12.2. The van der Waals surface area contributed by atoms with Gasteiger partial charge in [0.25, 0.3) is 5.91 Å². The highest BCUT2D eigenvalue weighted by molar-refractivity contribution is 7.99. The van der Waals surface area contributed by atoms with Crippen molar-refractivity contribution in [1.82, 2.24) is 20.1 Å². The first-order chi connectivity index (χ1) is 16.4. The van der Waals surface area contributed by atoms with Gasteiger partial charge < -0.3 is 19.9 Å². The number of carbonyl (C=O) groups is 2. The summed E-state index contributed by atoms with van der Waals surface area (Å²) in [6.07, 6.45) is 0. The topological polar surface area (TPSA) is 98.1 Å². The highest BCUT2D eigenvalue weighted by Crippen LogP contribution is 2.20. The number of ether oxygens (including phenoxy) is 1. The number of halogens is 1. The second-order valence-electron chi connectivity index (χ2n) is 7.78. The van der Waals surface area contributed by atoms with Crippen LogP contribution in [0.4, 0.5) is 5.69 Å². The summed E-state index contributed by atoms with van der Waals surface area (Å²) in [5.74, 6) is 1.46. The molecular weight excluding hydrogens is 474 g/mol. The number of nitrogens with zero attached hydrogens (tertiary/aromatic N) is 3. The molecule has 0 atom stereocenters. The van der Waals surface area contributed by atoms with Crippen LogP contribution in [0.2, 0.25) is 5.02 Å². The molecule has 0 aliphatic carbocycles. The molecule has 0 spiro atoms. The summed E-state index contributed by atoms with van der Waals surface area (Å²) in [6, 6.07) is 14.6. The Morgan fingerprint density at radius 1 is 1.06 bits per heavy atom. The molecule has 0 unspecified atom stereocenters. The van der Waals surface area contributed by atoms with E-state index in [2.05, 4.69) is 34.7 Å². The van der Waals surface area contributed by atoms with Crippen molar-refractivity contribution in [3.63, 3.8) is 0 Å². The Bertz CT molecular complexity index is 1100. The van der Waals surface area contributed by atoms with E-state index in [1.54, 1.807) is 24.3 Å². The van der Waals surface area contributed by atoms with Crippen molar-refractivity contribution >= 4 is 40.9 Å². The average Bonchev–Trinajstić information content (AvgIpc) is 3.23. The van der Waals surface area contributed by atoms with Crippen molar-refractivity contribution < 1.29 is 14.3 Å². The first-order valence-electron chi connectivity index (χ1n) is 11.0. The number of aromatic nitrogens is 3. The van der Waals surface area contributed by atoms with Crippen LogP contribution in [0, 0.1) is 0 Å². The summed E-state index contributed by atoms with van der Waals surface area (Å²) in [4.78, 5) is 24.5. The summed E-state index contributed by atoms with van der Waals surface area (Å²) in [5, 5.41) is 15.2. The summed E-state index contributed by atoms with van der Waals surface area (Å²) in [5.41, 5.74) is 1.89. The average molecular weight is 502 g/mol. The van der Waals surface area contributed by atoms with Gasteiger partial charge in [0, 0.05) is 17.3 Å². The quantitative estimate of drug-likeness (QED) is 0.375. The minimum atomic E-state index is -0.255. The predicted molar refractivity (Wildman–Crippen MR) is 134 cm³/mol. The lowest BCUT2D eigenvalue weighted by Gasteiger charge is -2.10. The number of rotatable bonds is 11. The van der Waals surface area contributed by atoms with Crippen LogP contribution in [0.25, 0.3) is 0 Å². The van der Waals surface area contributed by atoms with E-state index in [1.807, 2.05) is 35.8 Å². The fourth-order valence-electron chi connectivity index (χ4n) is 3.06. The van der Waals surface area contributed by atoms with Crippen molar-refractivity contribution in [3.05, 3.63) is 64.9 Å². The molecule has 10 heteroatoms. The van der Waals surface area contributed by atoms with Crippen LogP contribution < -0.4 is 15.4 Å². The fraction of sp³-hybridized carbons (Fsp3) is 0.333. The predicted octanol–water partition coefficient (Wildman–Crippen LogP) is 4.50. The molecule has 8 nitrogen and oxygen atoms in total. The first-order valence-corrected chi connectivity index (χ1v) is 12.3. The SMILES string of the molecule is CCn1c(CNC(=O)COc2ccc(C(C)C)cc2)nnc1SCC(=O)Nc1ccc(Cl)cc1. The Labute approximate surface area is 208 Å². The summed E-state index contributed by atoms with van der Waals surface area (Å²) in [7, 11) is 0. The van der Waals surface area contributed by atoms with Crippen LogP contribution in [0.5, 0.6) is 5.75 Å². The monoisotopic (exact) mass is 501 g/mol. The Morgan fingerprint density at radius 3 is 2.41 bits per heavy atom. The van der Waals surface area contributed by atoms with Crippen LogP contribution >= 0.6 is 23.4 Å². The van der Waals surface area contributed by atoms with E-state index in [0.29, 0.717) is 39.9 Å². The van der Waals surface area contributed by atoms with Crippen LogP contribution in [0.1, 0.15) is 38.1 Å². The molecule has 3 rings (SSSR count). The standard InChI is InChI=1S/C24H28ClN5O3S/c1-4-30-21(13-26-22(31)14-33-20-11-5-17(6-12-20)16(2)3)28-29-24(30)34-15-23(32)27-19-9-7-18(25)8-10-19/h5-12,16H,4,13-15H2,1-3H3,(H,26,31)(H,27,32).